The Hall–Kier alpha value is -0.420. The molecule has 82 valence electrons. The van der Waals surface area contributed by atoms with E-state index in [0.717, 1.165) is 0 Å². The number of carbonyl (C=O) groups excluding carboxylic acids is 1. The molecule has 0 spiro atoms. The second kappa shape index (κ2) is 5.61. The molecule has 5 heteroatoms. The smallest absolute Gasteiger partial charge is 0.339 e. The second-order valence-corrected chi connectivity index (χ2v) is 4.10. The lowest BCUT2D eigenvalue weighted by molar-refractivity contribution is 0.0523. The van der Waals surface area contributed by atoms with Crippen molar-refractivity contribution in [2.45, 2.75) is 12.3 Å². The fraction of sp³-hybridized carbons (Fsp3) is 0.300. The third kappa shape index (κ3) is 2.78. The molecule has 0 fully saturated rings. The SMILES string of the molecule is CCOC(=O)c1c(CBr)ccc(F)c1Br. The van der Waals surface area contributed by atoms with E-state index in [2.05, 4.69) is 31.9 Å². The molecule has 1 aromatic carbocycles. The Morgan fingerprint density at radius 3 is 2.73 bits per heavy atom. The molecule has 0 saturated heterocycles. The van der Waals surface area contributed by atoms with Crippen LogP contribution in [0.2, 0.25) is 0 Å². The zero-order valence-electron chi connectivity index (χ0n) is 8.02. The summed E-state index contributed by atoms with van der Waals surface area (Å²) in [5.41, 5.74) is 0.940. The van der Waals surface area contributed by atoms with Crippen LogP contribution in [0.4, 0.5) is 4.39 Å². The number of hydrogen-bond donors (Lipinski definition) is 0. The molecule has 15 heavy (non-hydrogen) atoms. The fourth-order valence-electron chi connectivity index (χ4n) is 1.13. The van der Waals surface area contributed by atoms with Crippen LogP contribution in [0.15, 0.2) is 16.6 Å². The van der Waals surface area contributed by atoms with Gasteiger partial charge in [0.15, 0.2) is 0 Å². The number of esters is 1. The Kier molecular flexibility index (Phi) is 4.73. The molecule has 0 heterocycles. The van der Waals surface area contributed by atoms with Crippen LogP contribution in [0.25, 0.3) is 0 Å². The van der Waals surface area contributed by atoms with Crippen LogP contribution in [0, 0.1) is 5.82 Å². The minimum atomic E-state index is -0.515. The standard InChI is InChI=1S/C10H9Br2FO2/c1-2-15-10(14)8-6(5-11)3-4-7(13)9(8)12/h3-4H,2,5H2,1H3. The Morgan fingerprint density at radius 2 is 2.20 bits per heavy atom. The zero-order valence-corrected chi connectivity index (χ0v) is 11.2. The normalized spacial score (nSPS) is 10.1. The van der Waals surface area contributed by atoms with Gasteiger partial charge in [-0.15, -0.1) is 0 Å². The Labute approximate surface area is 104 Å². The number of benzene rings is 1. The quantitative estimate of drug-likeness (QED) is 0.620. The minimum absolute atomic E-state index is 0.151. The zero-order chi connectivity index (χ0) is 11.4. The highest BCUT2D eigenvalue weighted by Crippen LogP contribution is 2.26. The van der Waals surface area contributed by atoms with Crippen LogP contribution in [0.1, 0.15) is 22.8 Å². The van der Waals surface area contributed by atoms with Gasteiger partial charge < -0.3 is 4.74 Å². The van der Waals surface area contributed by atoms with Gasteiger partial charge in [-0.05, 0) is 34.5 Å². The fourth-order valence-corrected chi connectivity index (χ4v) is 2.14. The molecule has 0 saturated carbocycles. The molecule has 0 aliphatic carbocycles. The molecule has 0 radical (unpaired) electrons. The summed E-state index contributed by atoms with van der Waals surface area (Å²) in [5.74, 6) is -0.985. The maximum Gasteiger partial charge on any atom is 0.339 e. The molecule has 0 bridgehead atoms. The van der Waals surface area contributed by atoms with E-state index in [4.69, 9.17) is 4.74 Å². The lowest BCUT2D eigenvalue weighted by Gasteiger charge is -2.09. The third-order valence-corrected chi connectivity index (χ3v) is 3.18. The summed E-state index contributed by atoms with van der Waals surface area (Å²) >= 11 is 6.28. The van der Waals surface area contributed by atoms with Crippen molar-refractivity contribution in [1.29, 1.82) is 0 Å². The maximum atomic E-state index is 13.2. The summed E-state index contributed by atoms with van der Waals surface area (Å²) in [6.45, 7) is 1.97. The van der Waals surface area contributed by atoms with Gasteiger partial charge in [0.05, 0.1) is 16.6 Å². The van der Waals surface area contributed by atoms with Gasteiger partial charge in [-0.25, -0.2) is 9.18 Å². The maximum absolute atomic E-state index is 13.2. The van der Waals surface area contributed by atoms with Crippen LogP contribution in [-0.4, -0.2) is 12.6 Å². The first-order chi connectivity index (χ1) is 7.11. The van der Waals surface area contributed by atoms with E-state index in [-0.39, 0.29) is 16.6 Å². The Bertz CT molecular complexity index is 380. The van der Waals surface area contributed by atoms with E-state index < -0.39 is 11.8 Å². The largest absolute Gasteiger partial charge is 0.462 e. The van der Waals surface area contributed by atoms with Gasteiger partial charge in [0.2, 0.25) is 0 Å². The first-order valence-electron chi connectivity index (χ1n) is 4.31. The third-order valence-electron chi connectivity index (χ3n) is 1.80. The van der Waals surface area contributed by atoms with E-state index in [0.29, 0.717) is 10.9 Å². The summed E-state index contributed by atoms with van der Waals surface area (Å²) in [6.07, 6.45) is 0. The molecular formula is C10H9Br2FO2. The van der Waals surface area contributed by atoms with Gasteiger partial charge in [-0.2, -0.15) is 0 Å². The highest BCUT2D eigenvalue weighted by molar-refractivity contribution is 9.10. The van der Waals surface area contributed by atoms with Gasteiger partial charge in [-0.1, -0.05) is 22.0 Å². The van der Waals surface area contributed by atoms with Crippen molar-refractivity contribution < 1.29 is 13.9 Å². The minimum Gasteiger partial charge on any atom is -0.462 e. The van der Waals surface area contributed by atoms with Crippen molar-refractivity contribution >= 4 is 37.8 Å². The van der Waals surface area contributed by atoms with Crippen molar-refractivity contribution in [2.75, 3.05) is 6.61 Å². The number of halogens is 3. The number of alkyl halides is 1. The lowest BCUT2D eigenvalue weighted by atomic mass is 10.1. The number of hydrogen-bond acceptors (Lipinski definition) is 2. The van der Waals surface area contributed by atoms with E-state index in [1.165, 1.54) is 6.07 Å². The second-order valence-electron chi connectivity index (χ2n) is 2.75. The molecule has 1 rings (SSSR count). The summed E-state index contributed by atoms with van der Waals surface area (Å²) in [6, 6.07) is 2.87. The van der Waals surface area contributed by atoms with Gasteiger partial charge in [0, 0.05) is 5.33 Å². The van der Waals surface area contributed by atoms with Crippen molar-refractivity contribution in [3.63, 3.8) is 0 Å². The molecule has 0 aromatic heterocycles. The van der Waals surface area contributed by atoms with Crippen LogP contribution in [0.5, 0.6) is 0 Å². The Morgan fingerprint density at radius 1 is 1.53 bits per heavy atom. The van der Waals surface area contributed by atoms with Crippen molar-refractivity contribution in [3.8, 4) is 0 Å². The van der Waals surface area contributed by atoms with Crippen molar-refractivity contribution in [2.24, 2.45) is 0 Å². The Balaban J connectivity index is 3.23. The highest BCUT2D eigenvalue weighted by atomic mass is 79.9. The number of rotatable bonds is 3. The molecule has 2 nitrogen and oxygen atoms in total. The van der Waals surface area contributed by atoms with E-state index in [1.54, 1.807) is 13.0 Å². The van der Waals surface area contributed by atoms with E-state index in [1.807, 2.05) is 0 Å². The summed E-state index contributed by atoms with van der Waals surface area (Å²) in [5, 5.41) is 0.472. The molecule has 0 atom stereocenters. The molecule has 0 unspecified atom stereocenters. The van der Waals surface area contributed by atoms with Gasteiger partial charge >= 0.3 is 5.97 Å². The average Bonchev–Trinajstić information content (AvgIpc) is 2.22. The predicted molar refractivity (Wildman–Crippen MR) is 62.7 cm³/mol. The summed E-state index contributed by atoms with van der Waals surface area (Å²) in [7, 11) is 0. The highest BCUT2D eigenvalue weighted by Gasteiger charge is 2.18. The van der Waals surface area contributed by atoms with Crippen molar-refractivity contribution in [1.82, 2.24) is 0 Å². The molecule has 0 N–H and O–H groups in total. The van der Waals surface area contributed by atoms with Crippen LogP contribution >= 0.6 is 31.9 Å². The van der Waals surface area contributed by atoms with E-state index in [9.17, 15) is 9.18 Å². The average molecular weight is 340 g/mol. The van der Waals surface area contributed by atoms with Gasteiger partial charge in [0.25, 0.3) is 0 Å². The first-order valence-corrected chi connectivity index (χ1v) is 6.23. The first kappa shape index (κ1) is 12.6. The molecular weight excluding hydrogens is 331 g/mol. The number of carbonyl (C=O) groups is 1. The summed E-state index contributed by atoms with van der Waals surface area (Å²) in [4.78, 5) is 11.6. The van der Waals surface area contributed by atoms with Gasteiger partial charge in [-0.3, -0.25) is 0 Å². The predicted octanol–water partition coefficient (Wildman–Crippen LogP) is 3.66. The van der Waals surface area contributed by atoms with Crippen LogP contribution in [-0.2, 0) is 10.1 Å². The van der Waals surface area contributed by atoms with Gasteiger partial charge in [0.1, 0.15) is 5.82 Å². The molecule has 0 amide bonds. The van der Waals surface area contributed by atoms with Crippen LogP contribution in [0.3, 0.4) is 0 Å². The molecule has 1 aromatic rings. The number of ether oxygens (including phenoxy) is 1. The van der Waals surface area contributed by atoms with Crippen LogP contribution < -0.4 is 0 Å². The van der Waals surface area contributed by atoms with Crippen molar-refractivity contribution in [3.05, 3.63) is 33.5 Å². The molecule has 0 aliphatic rings. The topological polar surface area (TPSA) is 26.3 Å². The van der Waals surface area contributed by atoms with E-state index >= 15 is 0 Å². The molecule has 0 aliphatic heterocycles. The lowest BCUT2D eigenvalue weighted by Crippen LogP contribution is -2.09. The monoisotopic (exact) mass is 338 g/mol. The summed E-state index contributed by atoms with van der Waals surface area (Å²) < 4.78 is 18.2.